The van der Waals surface area contributed by atoms with Crippen LogP contribution in [0.4, 0.5) is 0 Å². The summed E-state index contributed by atoms with van der Waals surface area (Å²) < 4.78 is 5.62. The Kier molecular flexibility index (Phi) is 4.12. The third-order valence-corrected chi connectivity index (χ3v) is 7.99. The average molecular weight is 400 g/mol. The number of hydrogen-bond donors (Lipinski definition) is 3. The number of piperidine rings is 1. The zero-order valence-corrected chi connectivity index (χ0v) is 16.6. The van der Waals surface area contributed by atoms with Gasteiger partial charge in [-0.15, -0.1) is 0 Å². The average Bonchev–Trinajstić information content (AvgIpc) is 3.35. The van der Waals surface area contributed by atoms with Crippen LogP contribution in [0.25, 0.3) is 0 Å². The first-order valence-corrected chi connectivity index (χ1v) is 10.6. The van der Waals surface area contributed by atoms with E-state index in [-0.39, 0.29) is 18.0 Å². The molecule has 9 atom stereocenters. The molecular weight excluding hydrogens is 372 g/mol. The Morgan fingerprint density at radius 1 is 1.31 bits per heavy atom. The van der Waals surface area contributed by atoms with Crippen molar-refractivity contribution in [2.75, 3.05) is 0 Å². The highest BCUT2D eigenvalue weighted by Gasteiger charge is 2.65. The number of nitriles is 1. The van der Waals surface area contributed by atoms with Gasteiger partial charge in [0.15, 0.2) is 0 Å². The van der Waals surface area contributed by atoms with Gasteiger partial charge in [-0.1, -0.05) is 0 Å². The molecule has 1 amide bonds. The van der Waals surface area contributed by atoms with Gasteiger partial charge in [-0.05, 0) is 62.4 Å². The van der Waals surface area contributed by atoms with Crippen molar-refractivity contribution in [3.05, 3.63) is 11.3 Å². The second-order valence-corrected chi connectivity index (χ2v) is 9.76. The summed E-state index contributed by atoms with van der Waals surface area (Å²) in [6, 6.07) is 0.240. The summed E-state index contributed by atoms with van der Waals surface area (Å²) in [5.74, 6) is 0.903. The first kappa shape index (κ1) is 19.0. The van der Waals surface area contributed by atoms with Crippen molar-refractivity contribution >= 4 is 11.9 Å². The fraction of sp³-hybridized carbons (Fsp3) is 0.762. The Bertz CT molecular complexity index is 848. The van der Waals surface area contributed by atoms with Crippen LogP contribution in [0.15, 0.2) is 11.3 Å². The Balaban J connectivity index is 1.41. The lowest BCUT2D eigenvalue weighted by molar-refractivity contribution is -0.147. The lowest BCUT2D eigenvalue weighted by Crippen LogP contribution is -2.65. The molecule has 7 aliphatic rings. The molecule has 5 fully saturated rings. The van der Waals surface area contributed by atoms with Gasteiger partial charge >= 0.3 is 5.97 Å². The van der Waals surface area contributed by atoms with Gasteiger partial charge < -0.3 is 26.2 Å². The molecule has 3 unspecified atom stereocenters. The number of rotatable bonds is 5. The number of nitrogens with two attached hydrogens (primary N) is 2. The molecule has 7 rings (SSSR count). The van der Waals surface area contributed by atoms with E-state index in [4.69, 9.17) is 16.2 Å². The quantitative estimate of drug-likeness (QED) is 0.558. The molecule has 1 saturated heterocycles. The normalized spacial score (nSPS) is 41.8. The summed E-state index contributed by atoms with van der Waals surface area (Å²) in [6.45, 7) is 1.46. The van der Waals surface area contributed by atoms with Gasteiger partial charge in [-0.3, -0.25) is 4.79 Å². The number of hydrogen-bond acceptors (Lipinski definition) is 7. The van der Waals surface area contributed by atoms with Crippen LogP contribution in [0.1, 0.15) is 45.4 Å². The van der Waals surface area contributed by atoms with Crippen LogP contribution in [0.5, 0.6) is 0 Å². The van der Waals surface area contributed by atoms with Crippen LogP contribution >= 0.6 is 0 Å². The van der Waals surface area contributed by atoms with Crippen molar-refractivity contribution in [3.8, 4) is 6.07 Å². The molecule has 156 valence electrons. The van der Waals surface area contributed by atoms with Crippen molar-refractivity contribution in [2.45, 2.75) is 75.7 Å². The minimum atomic E-state index is -1.10. The molecule has 8 heteroatoms. The molecule has 1 aliphatic heterocycles. The second kappa shape index (κ2) is 6.27. The zero-order chi connectivity index (χ0) is 20.7. The largest absolute Gasteiger partial charge is 0.430 e. The third-order valence-electron chi connectivity index (χ3n) is 7.99. The van der Waals surface area contributed by atoms with Gasteiger partial charge in [0.2, 0.25) is 5.91 Å². The van der Waals surface area contributed by atoms with Gasteiger partial charge in [0.25, 0.3) is 0 Å². The molecule has 29 heavy (non-hydrogen) atoms. The Morgan fingerprint density at radius 3 is 2.72 bits per heavy atom. The number of ether oxygens (including phenoxy) is 1. The highest BCUT2D eigenvalue weighted by atomic mass is 16.5. The topological polar surface area (TPSA) is 143 Å². The predicted octanol–water partition coefficient (Wildman–Crippen LogP) is 0.152. The van der Waals surface area contributed by atoms with Crippen molar-refractivity contribution in [1.29, 1.82) is 5.26 Å². The van der Waals surface area contributed by atoms with E-state index in [0.717, 1.165) is 37.7 Å². The number of carbonyl (C=O) groups is 2. The van der Waals surface area contributed by atoms with E-state index >= 15 is 0 Å². The fourth-order valence-electron chi connectivity index (χ4n) is 6.55. The number of aliphatic hydroxyl groups excluding tert-OH is 1. The van der Waals surface area contributed by atoms with E-state index in [1.165, 1.54) is 6.92 Å². The third kappa shape index (κ3) is 2.61. The van der Waals surface area contributed by atoms with Crippen LogP contribution in [-0.4, -0.2) is 52.2 Å². The molecular formula is C21H28N4O4. The first-order valence-electron chi connectivity index (χ1n) is 10.6. The maximum atomic E-state index is 13.3. The van der Waals surface area contributed by atoms with E-state index < -0.39 is 29.6 Å². The summed E-state index contributed by atoms with van der Waals surface area (Å²) in [5.41, 5.74) is 12.9. The van der Waals surface area contributed by atoms with E-state index in [0.29, 0.717) is 29.9 Å². The van der Waals surface area contributed by atoms with E-state index in [1.54, 1.807) is 4.90 Å². The molecule has 5 N–H and O–H groups in total. The van der Waals surface area contributed by atoms with Crippen molar-refractivity contribution in [1.82, 2.24) is 4.90 Å². The van der Waals surface area contributed by atoms with Crippen LogP contribution in [0, 0.1) is 34.5 Å². The lowest BCUT2D eigenvalue weighted by atomic mass is 9.42. The number of esters is 1. The van der Waals surface area contributed by atoms with Crippen molar-refractivity contribution in [2.24, 2.45) is 34.6 Å². The number of fused-ring (bicyclic) bond motifs is 2. The van der Waals surface area contributed by atoms with E-state index in [2.05, 4.69) is 6.07 Å². The molecule has 0 aromatic rings. The summed E-state index contributed by atoms with van der Waals surface area (Å²) in [5, 5.41) is 19.0. The molecule has 0 aromatic heterocycles. The number of aliphatic hydroxyl groups is 1. The minimum Gasteiger partial charge on any atom is -0.430 e. The van der Waals surface area contributed by atoms with Crippen LogP contribution in [0.2, 0.25) is 0 Å². The number of nitrogens with zero attached hydrogens (tertiary/aromatic N) is 2. The second-order valence-electron chi connectivity index (χ2n) is 9.76. The van der Waals surface area contributed by atoms with E-state index in [1.807, 2.05) is 0 Å². The van der Waals surface area contributed by atoms with E-state index in [9.17, 15) is 20.0 Å². The molecule has 4 saturated carbocycles. The number of carbonyl (C=O) groups excluding carboxylic acids is 2. The molecule has 6 aliphatic carbocycles. The van der Waals surface area contributed by atoms with Crippen molar-refractivity contribution in [3.63, 3.8) is 0 Å². The molecule has 4 bridgehead atoms. The molecule has 0 aromatic carbocycles. The van der Waals surface area contributed by atoms with Gasteiger partial charge in [-0.2, -0.15) is 5.26 Å². The first-order chi connectivity index (χ1) is 13.8. The highest BCUT2D eigenvalue weighted by Crippen LogP contribution is 2.68. The Labute approximate surface area is 169 Å². The summed E-state index contributed by atoms with van der Waals surface area (Å²) in [7, 11) is 0. The minimum absolute atomic E-state index is 0.133. The number of allylic oxidation sites excluding steroid dienone is 1. The Morgan fingerprint density at radius 2 is 2.07 bits per heavy atom. The van der Waals surface area contributed by atoms with Gasteiger partial charge in [0.05, 0.1) is 18.2 Å². The van der Waals surface area contributed by atoms with Gasteiger partial charge in [-0.25, -0.2) is 4.79 Å². The fourth-order valence-corrected chi connectivity index (χ4v) is 6.55. The summed E-state index contributed by atoms with van der Waals surface area (Å²) in [4.78, 5) is 27.4. The molecule has 1 heterocycles. The van der Waals surface area contributed by atoms with Gasteiger partial charge in [0.1, 0.15) is 17.8 Å². The lowest BCUT2D eigenvalue weighted by Gasteiger charge is -2.63. The predicted molar refractivity (Wildman–Crippen MR) is 101 cm³/mol. The van der Waals surface area contributed by atoms with Gasteiger partial charge in [0, 0.05) is 17.9 Å². The maximum Gasteiger partial charge on any atom is 0.330 e. The SMILES string of the molecule is C[C@H](O)[C@H](N)C(=O)OC1=C2C3CC(C1)CC2([C@H](N)C(=O)N1[C@H](C#N)C[C@@H]2C[C@@H]21)C3. The molecule has 0 spiro atoms. The monoisotopic (exact) mass is 400 g/mol. The number of likely N-dealkylation sites (tertiary alicyclic amines) is 1. The zero-order valence-electron chi connectivity index (χ0n) is 16.6. The Hall–Kier alpha value is -1.95. The highest BCUT2D eigenvalue weighted by molar-refractivity contribution is 5.86. The van der Waals surface area contributed by atoms with Crippen LogP contribution < -0.4 is 11.5 Å². The van der Waals surface area contributed by atoms with Crippen LogP contribution in [-0.2, 0) is 14.3 Å². The maximum absolute atomic E-state index is 13.3. The van der Waals surface area contributed by atoms with Crippen molar-refractivity contribution < 1.29 is 19.4 Å². The molecule has 0 radical (unpaired) electrons. The smallest absolute Gasteiger partial charge is 0.330 e. The van der Waals surface area contributed by atoms with Crippen LogP contribution in [0.3, 0.4) is 0 Å². The summed E-state index contributed by atoms with van der Waals surface area (Å²) in [6.07, 6.45) is 4.07. The number of amides is 1. The standard InChI is InChI=1S/C21H28N4O4/c1-9(26)17(23)20(28)29-15-3-10-2-12-7-21(6-10,16(12)15)18(24)19(27)25-13(8-22)4-11-5-14(11)25/h9-14,17-18,26H,2-7,23-24H2,1H3/t9-,10?,11+,12?,13-,14-,17-,18+,21?/m0/s1. The summed E-state index contributed by atoms with van der Waals surface area (Å²) >= 11 is 0. The molecule has 8 nitrogen and oxygen atoms in total.